The Balaban J connectivity index is 2.99. The number of hydrogen-bond donors (Lipinski definition) is 1. The van der Waals surface area contributed by atoms with Gasteiger partial charge in [0.2, 0.25) is 5.91 Å². The number of carbonyl (C=O) groups is 1. The van der Waals surface area contributed by atoms with E-state index in [9.17, 15) is 4.79 Å². The Morgan fingerprint density at radius 3 is 2.58 bits per heavy atom. The first-order valence-corrected chi connectivity index (χ1v) is 6.34. The number of rotatable bonds is 4. The average Bonchev–Trinajstić information content (AvgIpc) is 2.39. The van der Waals surface area contributed by atoms with E-state index in [0.717, 1.165) is 11.3 Å². The zero-order chi connectivity index (χ0) is 14.6. The molecule has 0 bridgehead atoms. The molecule has 1 aromatic carbocycles. The highest BCUT2D eigenvalue weighted by atomic mass is 16.2. The van der Waals surface area contributed by atoms with E-state index in [1.807, 2.05) is 51.0 Å². The first-order valence-electron chi connectivity index (χ1n) is 6.34. The van der Waals surface area contributed by atoms with E-state index >= 15 is 0 Å². The van der Waals surface area contributed by atoms with Gasteiger partial charge in [-0.1, -0.05) is 13.0 Å². The molecular formula is C15H21N3O. The summed E-state index contributed by atoms with van der Waals surface area (Å²) >= 11 is 0. The lowest BCUT2D eigenvalue weighted by Crippen LogP contribution is -2.31. The van der Waals surface area contributed by atoms with Gasteiger partial charge in [-0.2, -0.15) is 5.26 Å². The smallest absolute Gasteiger partial charge is 0.244 e. The van der Waals surface area contributed by atoms with Crippen LogP contribution in [-0.4, -0.2) is 20.0 Å². The fourth-order valence-electron chi connectivity index (χ4n) is 1.73. The van der Waals surface area contributed by atoms with Crippen LogP contribution in [0.15, 0.2) is 18.2 Å². The third-order valence-electron chi connectivity index (χ3n) is 3.40. The standard InChI is InChI=1S/C15H21N3O/c1-6-15(3,10-16)14(19)17-12-8-7-11(2)13(9-12)18(4)5/h7-9H,6H2,1-5H3,(H,17,19). The minimum absolute atomic E-state index is 0.258. The van der Waals surface area contributed by atoms with E-state index in [-0.39, 0.29) is 5.91 Å². The summed E-state index contributed by atoms with van der Waals surface area (Å²) in [6, 6.07) is 7.81. The lowest BCUT2D eigenvalue weighted by Gasteiger charge is -2.20. The predicted octanol–water partition coefficient (Wildman–Crippen LogP) is 2.94. The van der Waals surface area contributed by atoms with Gasteiger partial charge in [-0.3, -0.25) is 4.79 Å². The highest BCUT2D eigenvalue weighted by Gasteiger charge is 2.31. The summed E-state index contributed by atoms with van der Waals surface area (Å²) in [5.74, 6) is -0.258. The number of nitrogens with zero attached hydrogens (tertiary/aromatic N) is 2. The fourth-order valence-corrected chi connectivity index (χ4v) is 1.73. The van der Waals surface area contributed by atoms with Crippen LogP contribution in [0, 0.1) is 23.7 Å². The zero-order valence-electron chi connectivity index (χ0n) is 12.2. The maximum absolute atomic E-state index is 12.1. The second-order valence-corrected chi connectivity index (χ2v) is 5.15. The molecule has 1 unspecified atom stereocenters. The van der Waals surface area contributed by atoms with Gasteiger partial charge in [-0.25, -0.2) is 0 Å². The minimum Gasteiger partial charge on any atom is -0.377 e. The Bertz CT molecular complexity index is 517. The zero-order valence-corrected chi connectivity index (χ0v) is 12.2. The summed E-state index contributed by atoms with van der Waals surface area (Å²) in [4.78, 5) is 14.1. The van der Waals surface area contributed by atoms with Gasteiger partial charge >= 0.3 is 0 Å². The molecule has 0 aliphatic rings. The van der Waals surface area contributed by atoms with Crippen LogP contribution < -0.4 is 10.2 Å². The first-order chi connectivity index (χ1) is 8.84. The number of nitrogens with one attached hydrogen (secondary N) is 1. The van der Waals surface area contributed by atoms with Gasteiger partial charge in [0.15, 0.2) is 0 Å². The van der Waals surface area contributed by atoms with E-state index in [0.29, 0.717) is 12.1 Å². The van der Waals surface area contributed by atoms with Crippen LogP contribution in [0.2, 0.25) is 0 Å². The van der Waals surface area contributed by atoms with Crippen LogP contribution in [0.5, 0.6) is 0 Å². The van der Waals surface area contributed by atoms with Crippen molar-refractivity contribution >= 4 is 17.3 Å². The molecular weight excluding hydrogens is 238 g/mol. The van der Waals surface area contributed by atoms with Crippen molar-refractivity contribution in [3.05, 3.63) is 23.8 Å². The van der Waals surface area contributed by atoms with Gasteiger partial charge in [-0.15, -0.1) is 0 Å². The highest BCUT2D eigenvalue weighted by molar-refractivity contribution is 5.97. The average molecular weight is 259 g/mol. The molecule has 0 aromatic heterocycles. The Morgan fingerprint density at radius 2 is 2.11 bits per heavy atom. The van der Waals surface area contributed by atoms with E-state index < -0.39 is 5.41 Å². The number of amides is 1. The molecule has 1 N–H and O–H groups in total. The van der Waals surface area contributed by atoms with E-state index in [2.05, 4.69) is 11.4 Å². The summed E-state index contributed by atoms with van der Waals surface area (Å²) in [5.41, 5.74) is 1.92. The summed E-state index contributed by atoms with van der Waals surface area (Å²) in [5, 5.41) is 11.9. The van der Waals surface area contributed by atoms with Crippen molar-refractivity contribution in [2.45, 2.75) is 27.2 Å². The molecule has 0 aliphatic carbocycles. The topological polar surface area (TPSA) is 56.1 Å². The number of anilines is 2. The van der Waals surface area contributed by atoms with Crippen LogP contribution in [0.4, 0.5) is 11.4 Å². The molecule has 0 fully saturated rings. The van der Waals surface area contributed by atoms with Crippen LogP contribution in [0.3, 0.4) is 0 Å². The summed E-state index contributed by atoms with van der Waals surface area (Å²) in [6.45, 7) is 5.51. The Kier molecular flexibility index (Phi) is 4.55. The Morgan fingerprint density at radius 1 is 1.47 bits per heavy atom. The highest BCUT2D eigenvalue weighted by Crippen LogP contribution is 2.26. The number of nitriles is 1. The van der Waals surface area contributed by atoms with Crippen molar-refractivity contribution in [1.29, 1.82) is 5.26 Å². The van der Waals surface area contributed by atoms with Gasteiger partial charge in [0.1, 0.15) is 5.41 Å². The fraction of sp³-hybridized carbons (Fsp3) is 0.467. The lowest BCUT2D eigenvalue weighted by atomic mass is 9.88. The molecule has 19 heavy (non-hydrogen) atoms. The molecule has 0 aliphatic heterocycles. The Hall–Kier alpha value is -2.02. The molecule has 0 saturated heterocycles. The van der Waals surface area contributed by atoms with Crippen molar-refractivity contribution in [2.75, 3.05) is 24.3 Å². The molecule has 0 radical (unpaired) electrons. The molecule has 0 saturated carbocycles. The number of hydrogen-bond acceptors (Lipinski definition) is 3. The molecule has 0 heterocycles. The number of aryl methyl sites for hydroxylation is 1. The van der Waals surface area contributed by atoms with Gasteiger partial charge < -0.3 is 10.2 Å². The minimum atomic E-state index is -0.983. The van der Waals surface area contributed by atoms with Crippen LogP contribution in [-0.2, 0) is 4.79 Å². The van der Waals surface area contributed by atoms with Crippen molar-refractivity contribution < 1.29 is 4.79 Å². The molecule has 0 spiro atoms. The third kappa shape index (κ3) is 3.25. The van der Waals surface area contributed by atoms with Crippen LogP contribution in [0.1, 0.15) is 25.8 Å². The second-order valence-electron chi connectivity index (χ2n) is 5.15. The summed E-state index contributed by atoms with van der Waals surface area (Å²) < 4.78 is 0. The van der Waals surface area contributed by atoms with Crippen LogP contribution >= 0.6 is 0 Å². The first kappa shape index (κ1) is 15.0. The van der Waals surface area contributed by atoms with Crippen molar-refractivity contribution in [3.63, 3.8) is 0 Å². The van der Waals surface area contributed by atoms with E-state index in [1.54, 1.807) is 6.92 Å². The van der Waals surface area contributed by atoms with Crippen molar-refractivity contribution in [3.8, 4) is 6.07 Å². The monoisotopic (exact) mass is 259 g/mol. The van der Waals surface area contributed by atoms with Crippen molar-refractivity contribution in [1.82, 2.24) is 0 Å². The maximum atomic E-state index is 12.1. The molecule has 102 valence electrons. The maximum Gasteiger partial charge on any atom is 0.244 e. The van der Waals surface area contributed by atoms with Crippen molar-refractivity contribution in [2.24, 2.45) is 5.41 Å². The third-order valence-corrected chi connectivity index (χ3v) is 3.40. The van der Waals surface area contributed by atoms with E-state index in [4.69, 9.17) is 5.26 Å². The van der Waals surface area contributed by atoms with Gasteiger partial charge in [0.05, 0.1) is 6.07 Å². The van der Waals surface area contributed by atoms with Gasteiger partial charge in [-0.05, 0) is 38.0 Å². The normalized spacial score (nSPS) is 13.3. The molecule has 1 amide bonds. The quantitative estimate of drug-likeness (QED) is 0.904. The SMILES string of the molecule is CCC(C)(C#N)C(=O)Nc1ccc(C)c(N(C)C)c1. The van der Waals surface area contributed by atoms with E-state index in [1.165, 1.54) is 0 Å². The Labute approximate surface area is 115 Å². The molecule has 1 atom stereocenters. The number of carbonyl (C=O) groups excluding carboxylic acids is 1. The predicted molar refractivity (Wildman–Crippen MR) is 78.1 cm³/mol. The number of benzene rings is 1. The van der Waals surface area contributed by atoms with Crippen LogP contribution in [0.25, 0.3) is 0 Å². The summed E-state index contributed by atoms with van der Waals surface area (Å²) in [6.07, 6.45) is 0.488. The molecule has 4 nitrogen and oxygen atoms in total. The largest absolute Gasteiger partial charge is 0.377 e. The lowest BCUT2D eigenvalue weighted by molar-refractivity contribution is -0.122. The van der Waals surface area contributed by atoms with Gasteiger partial charge in [0, 0.05) is 25.5 Å². The van der Waals surface area contributed by atoms with Gasteiger partial charge in [0.25, 0.3) is 0 Å². The second kappa shape index (κ2) is 5.75. The molecule has 1 aromatic rings. The molecule has 4 heteroatoms. The molecule has 1 rings (SSSR count). The summed E-state index contributed by atoms with van der Waals surface area (Å²) in [7, 11) is 3.92.